The third-order valence-corrected chi connectivity index (χ3v) is 3.54. The van der Waals surface area contributed by atoms with Gasteiger partial charge in [0.05, 0.1) is 5.02 Å². The van der Waals surface area contributed by atoms with E-state index in [1.54, 1.807) is 0 Å². The lowest BCUT2D eigenvalue weighted by Crippen LogP contribution is -2.04. The molecule has 0 saturated heterocycles. The van der Waals surface area contributed by atoms with Gasteiger partial charge in [-0.15, -0.1) is 0 Å². The summed E-state index contributed by atoms with van der Waals surface area (Å²) in [5.41, 5.74) is 8.02. The number of halogens is 1. The van der Waals surface area contributed by atoms with Crippen LogP contribution in [0.4, 0.5) is 0 Å². The Morgan fingerprint density at radius 2 is 1.70 bits per heavy atom. The smallest absolute Gasteiger partial charge is 0.146 e. The number of hydrogen-bond donors (Lipinski definition) is 1. The second-order valence-electron chi connectivity index (χ2n) is 5.27. The molecule has 20 heavy (non-hydrogen) atoms. The summed E-state index contributed by atoms with van der Waals surface area (Å²) in [7, 11) is 0. The SMILES string of the molecule is CC(C)c1ccccc1Oc1ccc([C@H](C)N)cc1Cl. The summed E-state index contributed by atoms with van der Waals surface area (Å²) in [5.74, 6) is 1.90. The van der Waals surface area contributed by atoms with E-state index in [1.807, 2.05) is 43.3 Å². The number of benzene rings is 2. The fourth-order valence-corrected chi connectivity index (χ4v) is 2.28. The maximum atomic E-state index is 6.27. The Kier molecular flexibility index (Phi) is 4.69. The van der Waals surface area contributed by atoms with E-state index in [2.05, 4.69) is 19.9 Å². The van der Waals surface area contributed by atoms with Crippen molar-refractivity contribution in [2.45, 2.75) is 32.7 Å². The van der Waals surface area contributed by atoms with Crippen molar-refractivity contribution in [1.29, 1.82) is 0 Å². The van der Waals surface area contributed by atoms with Crippen LogP contribution in [-0.4, -0.2) is 0 Å². The topological polar surface area (TPSA) is 35.2 Å². The van der Waals surface area contributed by atoms with Crippen LogP contribution in [-0.2, 0) is 0 Å². The van der Waals surface area contributed by atoms with Crippen LogP contribution < -0.4 is 10.5 Å². The molecule has 0 fully saturated rings. The first-order chi connectivity index (χ1) is 9.49. The molecule has 0 heterocycles. The van der Waals surface area contributed by atoms with E-state index in [9.17, 15) is 0 Å². The van der Waals surface area contributed by atoms with Crippen molar-refractivity contribution < 1.29 is 4.74 Å². The summed E-state index contributed by atoms with van der Waals surface area (Å²) in [6, 6.07) is 13.7. The Hall–Kier alpha value is -1.51. The quantitative estimate of drug-likeness (QED) is 0.831. The molecular formula is C17H20ClNO. The highest BCUT2D eigenvalue weighted by Gasteiger charge is 2.11. The molecule has 0 amide bonds. The average molecular weight is 290 g/mol. The monoisotopic (exact) mass is 289 g/mol. The van der Waals surface area contributed by atoms with Crippen molar-refractivity contribution in [3.8, 4) is 11.5 Å². The largest absolute Gasteiger partial charge is 0.456 e. The zero-order valence-corrected chi connectivity index (χ0v) is 12.8. The van der Waals surface area contributed by atoms with Gasteiger partial charge in [-0.3, -0.25) is 0 Å². The summed E-state index contributed by atoms with van der Waals surface area (Å²) in [6.45, 7) is 6.21. The molecule has 0 aromatic heterocycles. The van der Waals surface area contributed by atoms with Crippen molar-refractivity contribution in [3.63, 3.8) is 0 Å². The van der Waals surface area contributed by atoms with E-state index >= 15 is 0 Å². The van der Waals surface area contributed by atoms with Gasteiger partial charge in [0.2, 0.25) is 0 Å². The van der Waals surface area contributed by atoms with Gasteiger partial charge in [-0.05, 0) is 42.2 Å². The van der Waals surface area contributed by atoms with Crippen LogP contribution in [0.5, 0.6) is 11.5 Å². The fourth-order valence-electron chi connectivity index (χ4n) is 2.05. The number of para-hydroxylation sites is 1. The molecule has 0 aliphatic heterocycles. The van der Waals surface area contributed by atoms with Crippen LogP contribution in [0, 0.1) is 0 Å². The number of hydrogen-bond acceptors (Lipinski definition) is 2. The molecule has 2 N–H and O–H groups in total. The number of rotatable bonds is 4. The zero-order chi connectivity index (χ0) is 14.7. The molecule has 3 heteroatoms. The molecule has 0 bridgehead atoms. The predicted molar refractivity (Wildman–Crippen MR) is 84.7 cm³/mol. The van der Waals surface area contributed by atoms with E-state index < -0.39 is 0 Å². The Morgan fingerprint density at radius 1 is 1.00 bits per heavy atom. The first-order valence-corrected chi connectivity index (χ1v) is 7.18. The van der Waals surface area contributed by atoms with Gasteiger partial charge >= 0.3 is 0 Å². The van der Waals surface area contributed by atoms with Gasteiger partial charge in [-0.2, -0.15) is 0 Å². The molecule has 0 spiro atoms. The highest BCUT2D eigenvalue weighted by molar-refractivity contribution is 6.32. The molecule has 0 unspecified atom stereocenters. The zero-order valence-electron chi connectivity index (χ0n) is 12.1. The van der Waals surface area contributed by atoms with Gasteiger partial charge in [-0.25, -0.2) is 0 Å². The minimum atomic E-state index is -0.0375. The number of nitrogens with two attached hydrogens (primary N) is 1. The van der Waals surface area contributed by atoms with E-state index in [0.29, 0.717) is 16.7 Å². The number of ether oxygens (including phenoxy) is 1. The summed E-state index contributed by atoms with van der Waals surface area (Å²) in [4.78, 5) is 0. The second-order valence-corrected chi connectivity index (χ2v) is 5.68. The maximum absolute atomic E-state index is 6.27. The van der Waals surface area contributed by atoms with Gasteiger partial charge in [0.15, 0.2) is 0 Å². The highest BCUT2D eigenvalue weighted by Crippen LogP contribution is 2.35. The van der Waals surface area contributed by atoms with E-state index in [0.717, 1.165) is 11.3 Å². The molecule has 106 valence electrons. The van der Waals surface area contributed by atoms with Crippen LogP contribution in [0.25, 0.3) is 0 Å². The van der Waals surface area contributed by atoms with Crippen LogP contribution in [0.15, 0.2) is 42.5 Å². The normalized spacial score (nSPS) is 12.5. The standard InChI is InChI=1S/C17H20ClNO/c1-11(2)14-6-4-5-7-16(14)20-17-9-8-13(12(3)19)10-15(17)18/h4-12H,19H2,1-3H3/t12-/m0/s1. The molecule has 2 aromatic carbocycles. The van der Waals surface area contributed by atoms with Crippen molar-refractivity contribution in [2.24, 2.45) is 5.73 Å². The van der Waals surface area contributed by atoms with Crippen molar-refractivity contribution in [2.75, 3.05) is 0 Å². The molecule has 0 aliphatic rings. The Labute approximate surface area is 125 Å². The van der Waals surface area contributed by atoms with Crippen LogP contribution in [0.2, 0.25) is 5.02 Å². The summed E-state index contributed by atoms with van der Waals surface area (Å²) in [5, 5.41) is 0.582. The summed E-state index contributed by atoms with van der Waals surface area (Å²) >= 11 is 6.27. The molecule has 2 nitrogen and oxygen atoms in total. The van der Waals surface area contributed by atoms with E-state index in [-0.39, 0.29) is 6.04 Å². The minimum Gasteiger partial charge on any atom is -0.456 e. The van der Waals surface area contributed by atoms with Crippen LogP contribution in [0.3, 0.4) is 0 Å². The molecule has 0 radical (unpaired) electrons. The predicted octanol–water partition coefficient (Wildman–Crippen LogP) is 5.28. The second kappa shape index (κ2) is 6.29. The molecular weight excluding hydrogens is 270 g/mol. The van der Waals surface area contributed by atoms with Gasteiger partial charge in [-0.1, -0.05) is 49.7 Å². The molecule has 0 saturated carbocycles. The fraction of sp³-hybridized carbons (Fsp3) is 0.294. The Bertz CT molecular complexity index is 593. The summed E-state index contributed by atoms with van der Waals surface area (Å²) in [6.07, 6.45) is 0. The Balaban J connectivity index is 2.31. The van der Waals surface area contributed by atoms with Gasteiger partial charge in [0.1, 0.15) is 11.5 Å². The molecule has 0 aliphatic carbocycles. The lowest BCUT2D eigenvalue weighted by molar-refractivity contribution is 0.473. The molecule has 2 aromatic rings. The first-order valence-electron chi connectivity index (χ1n) is 6.81. The summed E-state index contributed by atoms with van der Waals surface area (Å²) < 4.78 is 5.96. The van der Waals surface area contributed by atoms with Crippen LogP contribution in [0.1, 0.15) is 43.9 Å². The van der Waals surface area contributed by atoms with Crippen LogP contribution >= 0.6 is 11.6 Å². The third kappa shape index (κ3) is 3.33. The van der Waals surface area contributed by atoms with Gasteiger partial charge in [0.25, 0.3) is 0 Å². The lowest BCUT2D eigenvalue weighted by Gasteiger charge is -2.15. The van der Waals surface area contributed by atoms with E-state index in [4.69, 9.17) is 22.1 Å². The minimum absolute atomic E-state index is 0.0375. The van der Waals surface area contributed by atoms with Crippen molar-refractivity contribution in [3.05, 3.63) is 58.6 Å². The lowest BCUT2D eigenvalue weighted by atomic mass is 10.0. The molecule has 2 rings (SSSR count). The molecule has 1 atom stereocenters. The first kappa shape index (κ1) is 14.9. The van der Waals surface area contributed by atoms with Crippen molar-refractivity contribution in [1.82, 2.24) is 0 Å². The van der Waals surface area contributed by atoms with Gasteiger partial charge < -0.3 is 10.5 Å². The Morgan fingerprint density at radius 3 is 2.30 bits per heavy atom. The third-order valence-electron chi connectivity index (χ3n) is 3.24. The maximum Gasteiger partial charge on any atom is 0.146 e. The van der Waals surface area contributed by atoms with E-state index in [1.165, 1.54) is 5.56 Å². The van der Waals surface area contributed by atoms with Gasteiger partial charge in [0, 0.05) is 6.04 Å². The highest BCUT2D eigenvalue weighted by atomic mass is 35.5. The van der Waals surface area contributed by atoms with Crippen molar-refractivity contribution >= 4 is 11.6 Å². The average Bonchev–Trinajstić information content (AvgIpc) is 2.41.